The Morgan fingerprint density at radius 2 is 2.45 bits per heavy atom. The van der Waals surface area contributed by atoms with E-state index in [2.05, 4.69) is 6.07 Å². The minimum Gasteiger partial charge on any atom is -0.390 e. The number of nitrogens with zero attached hydrogens (tertiary/aromatic N) is 1. The molecule has 0 aromatic heterocycles. The normalized spacial score (nSPS) is 48.7. The van der Waals surface area contributed by atoms with Crippen molar-refractivity contribution in [1.29, 1.82) is 5.26 Å². The average Bonchev–Trinajstić information content (AvgIpc) is 2.06. The monoisotopic (exact) mass is 153 g/mol. The highest BCUT2D eigenvalue weighted by atomic mass is 16.5. The molecular formula is C8H11NO2. The number of hydrogen-bond donors (Lipinski definition) is 1. The second kappa shape index (κ2) is 2.20. The molecule has 0 radical (unpaired) electrons. The van der Waals surface area contributed by atoms with Gasteiger partial charge in [0.15, 0.2) is 0 Å². The van der Waals surface area contributed by atoms with Gasteiger partial charge in [0.2, 0.25) is 0 Å². The molecule has 1 saturated carbocycles. The average molecular weight is 153 g/mol. The lowest BCUT2D eigenvalue weighted by Crippen LogP contribution is -2.50. The molecule has 3 aliphatic rings. The Morgan fingerprint density at radius 1 is 1.64 bits per heavy atom. The standard InChI is InChI=1S/C8H11NO2/c9-4-8-2-1-7(11-5-8)6(10)3-8/h6-7,10H,1-3,5H2/t6-,7+,8-/m1/s1. The van der Waals surface area contributed by atoms with E-state index in [1.165, 1.54) is 0 Å². The molecule has 11 heavy (non-hydrogen) atoms. The summed E-state index contributed by atoms with van der Waals surface area (Å²) in [6.45, 7) is 0.519. The second-order valence-corrected chi connectivity index (χ2v) is 3.55. The first-order valence-electron chi connectivity index (χ1n) is 3.97. The molecule has 3 rings (SSSR count). The number of hydrogen-bond acceptors (Lipinski definition) is 3. The van der Waals surface area contributed by atoms with Crippen molar-refractivity contribution in [3.05, 3.63) is 0 Å². The van der Waals surface area contributed by atoms with Gasteiger partial charge in [-0.1, -0.05) is 0 Å². The number of nitriles is 1. The third-order valence-corrected chi connectivity index (χ3v) is 2.75. The summed E-state index contributed by atoms with van der Waals surface area (Å²) >= 11 is 0. The van der Waals surface area contributed by atoms with E-state index in [-0.39, 0.29) is 11.5 Å². The summed E-state index contributed by atoms with van der Waals surface area (Å²) in [4.78, 5) is 0. The van der Waals surface area contributed by atoms with Crippen LogP contribution in [-0.2, 0) is 4.74 Å². The predicted octanol–water partition coefficient (Wildman–Crippen LogP) is 0.440. The summed E-state index contributed by atoms with van der Waals surface area (Å²) in [6, 6.07) is 2.25. The first-order chi connectivity index (χ1) is 5.26. The quantitative estimate of drug-likeness (QED) is 0.549. The van der Waals surface area contributed by atoms with Crippen LogP contribution in [0.2, 0.25) is 0 Å². The fourth-order valence-corrected chi connectivity index (χ4v) is 1.97. The van der Waals surface area contributed by atoms with Crippen molar-refractivity contribution in [2.24, 2.45) is 5.41 Å². The molecule has 3 fully saturated rings. The zero-order chi connectivity index (χ0) is 7.90. The number of aliphatic hydroxyl groups is 1. The molecular weight excluding hydrogens is 142 g/mol. The number of aliphatic hydroxyl groups excluding tert-OH is 1. The van der Waals surface area contributed by atoms with Crippen molar-refractivity contribution in [2.45, 2.75) is 31.5 Å². The van der Waals surface area contributed by atoms with E-state index in [0.717, 1.165) is 12.8 Å². The molecule has 0 aromatic carbocycles. The van der Waals surface area contributed by atoms with Gasteiger partial charge in [0.05, 0.1) is 30.3 Å². The van der Waals surface area contributed by atoms with Gasteiger partial charge >= 0.3 is 0 Å². The highest BCUT2D eigenvalue weighted by Crippen LogP contribution is 2.42. The Hall–Kier alpha value is -0.590. The Bertz CT molecular complexity index is 201. The molecule has 1 N–H and O–H groups in total. The van der Waals surface area contributed by atoms with Crippen molar-refractivity contribution in [3.8, 4) is 6.07 Å². The lowest BCUT2D eigenvalue weighted by atomic mass is 9.71. The predicted molar refractivity (Wildman–Crippen MR) is 37.6 cm³/mol. The van der Waals surface area contributed by atoms with Gasteiger partial charge in [-0.15, -0.1) is 0 Å². The first kappa shape index (κ1) is 7.08. The maximum Gasteiger partial charge on any atom is 0.0835 e. The van der Waals surface area contributed by atoms with Crippen LogP contribution >= 0.6 is 0 Å². The van der Waals surface area contributed by atoms with Crippen molar-refractivity contribution >= 4 is 0 Å². The van der Waals surface area contributed by atoms with Crippen LogP contribution in [0.3, 0.4) is 0 Å². The SMILES string of the molecule is N#C[C@]12CC[C@H](OC1)[C@H](O)C2. The maximum absolute atomic E-state index is 9.42. The van der Waals surface area contributed by atoms with Gasteiger partial charge in [-0.25, -0.2) is 0 Å². The van der Waals surface area contributed by atoms with E-state index < -0.39 is 6.10 Å². The van der Waals surface area contributed by atoms with Gasteiger partial charge in [0.25, 0.3) is 0 Å². The molecule has 3 heteroatoms. The summed E-state index contributed by atoms with van der Waals surface area (Å²) in [7, 11) is 0. The van der Waals surface area contributed by atoms with Crippen LogP contribution in [0.4, 0.5) is 0 Å². The molecule has 0 unspecified atom stereocenters. The van der Waals surface area contributed by atoms with E-state index >= 15 is 0 Å². The Balaban J connectivity index is 2.20. The fourth-order valence-electron chi connectivity index (χ4n) is 1.97. The van der Waals surface area contributed by atoms with E-state index in [1.807, 2.05) is 0 Å². The number of rotatable bonds is 0. The molecule has 0 spiro atoms. The van der Waals surface area contributed by atoms with Crippen molar-refractivity contribution < 1.29 is 9.84 Å². The summed E-state index contributed by atoms with van der Waals surface area (Å²) < 4.78 is 5.31. The van der Waals surface area contributed by atoms with Crippen LogP contribution in [0.25, 0.3) is 0 Å². The van der Waals surface area contributed by atoms with Gasteiger partial charge in [-0.05, 0) is 19.3 Å². The fraction of sp³-hybridized carbons (Fsp3) is 0.875. The molecule has 1 aliphatic carbocycles. The van der Waals surface area contributed by atoms with Crippen LogP contribution < -0.4 is 0 Å². The minimum atomic E-state index is -0.405. The lowest BCUT2D eigenvalue weighted by molar-refractivity contribution is -0.157. The van der Waals surface area contributed by atoms with Crippen LogP contribution in [0.5, 0.6) is 0 Å². The molecule has 2 heterocycles. The highest BCUT2D eigenvalue weighted by Gasteiger charge is 2.46. The maximum atomic E-state index is 9.42. The molecule has 2 aliphatic heterocycles. The second-order valence-electron chi connectivity index (χ2n) is 3.55. The van der Waals surface area contributed by atoms with Crippen molar-refractivity contribution in [2.75, 3.05) is 6.61 Å². The number of fused-ring (bicyclic) bond motifs is 3. The molecule has 2 bridgehead atoms. The highest BCUT2D eigenvalue weighted by molar-refractivity contribution is 5.07. The molecule has 3 nitrogen and oxygen atoms in total. The molecule has 0 amide bonds. The van der Waals surface area contributed by atoms with Gasteiger partial charge in [-0.3, -0.25) is 0 Å². The Labute approximate surface area is 65.6 Å². The lowest BCUT2D eigenvalue weighted by Gasteiger charge is -2.44. The minimum absolute atomic E-state index is 0.00484. The zero-order valence-corrected chi connectivity index (χ0v) is 6.29. The Kier molecular flexibility index (Phi) is 1.41. The van der Waals surface area contributed by atoms with Crippen molar-refractivity contribution in [1.82, 2.24) is 0 Å². The zero-order valence-electron chi connectivity index (χ0n) is 6.29. The largest absolute Gasteiger partial charge is 0.390 e. The third kappa shape index (κ3) is 0.943. The summed E-state index contributed by atoms with van der Waals surface area (Å²) in [5.41, 5.74) is -0.367. The van der Waals surface area contributed by atoms with Gasteiger partial charge < -0.3 is 9.84 Å². The van der Waals surface area contributed by atoms with Crippen LogP contribution in [0.15, 0.2) is 0 Å². The first-order valence-corrected chi connectivity index (χ1v) is 3.97. The van der Waals surface area contributed by atoms with Crippen LogP contribution in [0, 0.1) is 16.7 Å². The topological polar surface area (TPSA) is 53.2 Å². The summed E-state index contributed by atoms with van der Waals surface area (Å²) in [5, 5.41) is 18.3. The Morgan fingerprint density at radius 3 is 2.82 bits per heavy atom. The van der Waals surface area contributed by atoms with Crippen LogP contribution in [0.1, 0.15) is 19.3 Å². The van der Waals surface area contributed by atoms with Gasteiger partial charge in [-0.2, -0.15) is 5.26 Å². The van der Waals surface area contributed by atoms with Crippen molar-refractivity contribution in [3.63, 3.8) is 0 Å². The number of ether oxygens (including phenoxy) is 1. The van der Waals surface area contributed by atoms with E-state index in [0.29, 0.717) is 13.0 Å². The van der Waals surface area contributed by atoms with Gasteiger partial charge in [0.1, 0.15) is 0 Å². The summed E-state index contributed by atoms with van der Waals surface area (Å²) in [5.74, 6) is 0. The van der Waals surface area contributed by atoms with E-state index in [4.69, 9.17) is 10.00 Å². The third-order valence-electron chi connectivity index (χ3n) is 2.75. The smallest absolute Gasteiger partial charge is 0.0835 e. The van der Waals surface area contributed by atoms with E-state index in [1.54, 1.807) is 0 Å². The molecule has 2 saturated heterocycles. The molecule has 0 aromatic rings. The summed E-state index contributed by atoms with van der Waals surface area (Å²) in [6.07, 6.45) is 1.94. The molecule has 60 valence electrons. The molecule has 3 atom stereocenters. The van der Waals surface area contributed by atoms with Crippen LogP contribution in [-0.4, -0.2) is 23.9 Å². The van der Waals surface area contributed by atoms with E-state index in [9.17, 15) is 5.11 Å². The van der Waals surface area contributed by atoms with Gasteiger partial charge in [0, 0.05) is 0 Å².